The molecule has 1 saturated carbocycles. The van der Waals surface area contributed by atoms with E-state index in [1.807, 2.05) is 0 Å². The fraction of sp³-hybridized carbons (Fsp3) is 0.632. The largest absolute Gasteiger partial charge is 0.490 e. The van der Waals surface area contributed by atoms with Crippen molar-refractivity contribution >= 4 is 18.3 Å². The molecule has 0 heterocycles. The summed E-state index contributed by atoms with van der Waals surface area (Å²) in [5, 5.41) is 2.81. The van der Waals surface area contributed by atoms with E-state index in [0.717, 1.165) is 25.7 Å². The molecule has 0 aliphatic heterocycles. The number of nitrogens with two attached hydrogens (primary N) is 1. The second-order valence-electron chi connectivity index (χ2n) is 6.77. The first-order chi connectivity index (χ1) is 12.5. The van der Waals surface area contributed by atoms with Crippen LogP contribution in [0.2, 0.25) is 0 Å². The van der Waals surface area contributed by atoms with Gasteiger partial charge in [0, 0.05) is 18.5 Å². The highest BCUT2D eigenvalue weighted by atomic mass is 35.5. The maximum absolute atomic E-state index is 12.7. The van der Waals surface area contributed by atoms with Crippen molar-refractivity contribution in [1.82, 2.24) is 5.32 Å². The quantitative estimate of drug-likeness (QED) is 0.649. The van der Waals surface area contributed by atoms with Crippen molar-refractivity contribution in [2.24, 2.45) is 11.1 Å². The van der Waals surface area contributed by atoms with Gasteiger partial charge >= 0.3 is 6.61 Å². The maximum Gasteiger partial charge on any atom is 0.387 e. The van der Waals surface area contributed by atoms with Crippen molar-refractivity contribution < 1.29 is 23.0 Å². The van der Waals surface area contributed by atoms with E-state index in [2.05, 4.69) is 10.1 Å². The summed E-state index contributed by atoms with van der Waals surface area (Å²) < 4.78 is 35.5. The second-order valence-corrected chi connectivity index (χ2v) is 6.77. The van der Waals surface area contributed by atoms with Crippen LogP contribution in [0.3, 0.4) is 0 Å². The Labute approximate surface area is 165 Å². The average Bonchev–Trinajstić information content (AvgIpc) is 2.62. The number of rotatable bonds is 9. The van der Waals surface area contributed by atoms with Crippen molar-refractivity contribution in [3.05, 3.63) is 23.8 Å². The summed E-state index contributed by atoms with van der Waals surface area (Å²) in [7, 11) is 0. The second kappa shape index (κ2) is 11.3. The molecule has 1 fully saturated rings. The molecule has 0 radical (unpaired) electrons. The number of hydrogen-bond donors (Lipinski definition) is 2. The van der Waals surface area contributed by atoms with Crippen molar-refractivity contribution in [2.45, 2.75) is 58.6 Å². The summed E-state index contributed by atoms with van der Waals surface area (Å²) in [5.41, 5.74) is 6.24. The van der Waals surface area contributed by atoms with E-state index in [1.165, 1.54) is 6.42 Å². The molecule has 1 amide bonds. The first kappa shape index (κ1) is 23.4. The predicted octanol–water partition coefficient (Wildman–Crippen LogP) is 4.02. The Bertz CT molecular complexity index is 596. The molecule has 0 bridgehead atoms. The topological polar surface area (TPSA) is 73.6 Å². The van der Waals surface area contributed by atoms with Crippen LogP contribution in [-0.2, 0) is 11.3 Å². The van der Waals surface area contributed by atoms with Crippen LogP contribution in [0.5, 0.6) is 11.5 Å². The minimum Gasteiger partial charge on any atom is -0.490 e. The highest BCUT2D eigenvalue weighted by molar-refractivity contribution is 5.85. The standard InChI is InChI=1S/C19H28F2N2O3.ClH/c1-2-25-15-8-6-7-14(17(15)26-18(20)21)12-23-16(24)11-19(13-22)9-4-3-5-10-19;/h6-8,18H,2-5,9-13,22H2,1H3,(H,23,24);1H. The first-order valence-corrected chi connectivity index (χ1v) is 9.16. The van der Waals surface area contributed by atoms with Gasteiger partial charge in [0.25, 0.3) is 0 Å². The molecule has 5 nitrogen and oxygen atoms in total. The van der Waals surface area contributed by atoms with Crippen LogP contribution in [0, 0.1) is 5.41 Å². The smallest absolute Gasteiger partial charge is 0.387 e. The average molecular weight is 407 g/mol. The molecule has 1 aromatic carbocycles. The third-order valence-electron chi connectivity index (χ3n) is 4.93. The van der Waals surface area contributed by atoms with Crippen LogP contribution in [0.15, 0.2) is 18.2 Å². The molecule has 2 rings (SSSR count). The number of ether oxygens (including phenoxy) is 2. The monoisotopic (exact) mass is 406 g/mol. The normalized spacial score (nSPS) is 15.7. The van der Waals surface area contributed by atoms with Gasteiger partial charge in [-0.15, -0.1) is 12.4 Å². The van der Waals surface area contributed by atoms with Crippen LogP contribution in [0.25, 0.3) is 0 Å². The molecule has 154 valence electrons. The number of alkyl halides is 2. The molecule has 1 aromatic rings. The summed E-state index contributed by atoms with van der Waals surface area (Å²) in [6.07, 6.45) is 5.63. The molecule has 0 atom stereocenters. The fourth-order valence-corrected chi connectivity index (χ4v) is 3.54. The van der Waals surface area contributed by atoms with Gasteiger partial charge < -0.3 is 20.5 Å². The predicted molar refractivity (Wildman–Crippen MR) is 103 cm³/mol. The molecule has 0 aromatic heterocycles. The third-order valence-corrected chi connectivity index (χ3v) is 4.93. The van der Waals surface area contributed by atoms with Gasteiger partial charge in [-0.25, -0.2) is 0 Å². The van der Waals surface area contributed by atoms with E-state index in [9.17, 15) is 13.6 Å². The Morgan fingerprint density at radius 2 is 2.00 bits per heavy atom. The number of hydrogen-bond acceptors (Lipinski definition) is 4. The van der Waals surface area contributed by atoms with E-state index in [4.69, 9.17) is 10.5 Å². The Hall–Kier alpha value is -1.60. The van der Waals surface area contributed by atoms with Crippen LogP contribution < -0.4 is 20.5 Å². The number of para-hydroxylation sites is 1. The zero-order valence-corrected chi connectivity index (χ0v) is 16.5. The fourth-order valence-electron chi connectivity index (χ4n) is 3.54. The lowest BCUT2D eigenvalue weighted by Gasteiger charge is -2.35. The lowest BCUT2D eigenvalue weighted by atomic mass is 9.71. The van der Waals surface area contributed by atoms with Crippen LogP contribution >= 0.6 is 12.4 Å². The zero-order valence-electron chi connectivity index (χ0n) is 15.6. The Balaban J connectivity index is 0.00000364. The molecule has 1 aliphatic rings. The molecule has 0 spiro atoms. The summed E-state index contributed by atoms with van der Waals surface area (Å²) in [6.45, 7) is -0.290. The number of benzene rings is 1. The number of carbonyl (C=O) groups is 1. The Morgan fingerprint density at radius 3 is 2.59 bits per heavy atom. The van der Waals surface area contributed by atoms with Crippen LogP contribution in [-0.4, -0.2) is 25.7 Å². The van der Waals surface area contributed by atoms with Gasteiger partial charge in [-0.05, 0) is 37.8 Å². The summed E-state index contributed by atoms with van der Waals surface area (Å²) in [6, 6.07) is 4.89. The Kier molecular flexibility index (Phi) is 9.80. The van der Waals surface area contributed by atoms with Gasteiger partial charge in [0.05, 0.1) is 6.61 Å². The minimum atomic E-state index is -2.96. The van der Waals surface area contributed by atoms with E-state index in [1.54, 1.807) is 25.1 Å². The van der Waals surface area contributed by atoms with Gasteiger partial charge in [0.1, 0.15) is 0 Å². The van der Waals surface area contributed by atoms with Crippen molar-refractivity contribution in [1.29, 1.82) is 0 Å². The minimum absolute atomic E-state index is 0. The lowest BCUT2D eigenvalue weighted by Crippen LogP contribution is -2.38. The highest BCUT2D eigenvalue weighted by Crippen LogP contribution is 2.38. The van der Waals surface area contributed by atoms with Gasteiger partial charge in [-0.3, -0.25) is 4.79 Å². The number of halogens is 3. The van der Waals surface area contributed by atoms with Crippen LogP contribution in [0.4, 0.5) is 8.78 Å². The summed E-state index contributed by atoms with van der Waals surface area (Å²) in [5.74, 6) is 0.0864. The van der Waals surface area contributed by atoms with E-state index < -0.39 is 6.61 Å². The molecule has 1 aliphatic carbocycles. The molecule has 0 unspecified atom stereocenters. The number of carbonyl (C=O) groups excluding carboxylic acids is 1. The van der Waals surface area contributed by atoms with Gasteiger partial charge in [-0.2, -0.15) is 8.78 Å². The number of amides is 1. The lowest BCUT2D eigenvalue weighted by molar-refractivity contribution is -0.124. The van der Waals surface area contributed by atoms with Gasteiger partial charge in [-0.1, -0.05) is 31.4 Å². The molecule has 27 heavy (non-hydrogen) atoms. The van der Waals surface area contributed by atoms with Crippen molar-refractivity contribution in [2.75, 3.05) is 13.2 Å². The van der Waals surface area contributed by atoms with Crippen molar-refractivity contribution in [3.8, 4) is 11.5 Å². The summed E-state index contributed by atoms with van der Waals surface area (Å²) >= 11 is 0. The van der Waals surface area contributed by atoms with E-state index in [0.29, 0.717) is 25.1 Å². The molecule has 8 heteroatoms. The summed E-state index contributed by atoms with van der Waals surface area (Å²) in [4.78, 5) is 12.4. The van der Waals surface area contributed by atoms with Gasteiger partial charge in [0.2, 0.25) is 5.91 Å². The number of nitrogens with one attached hydrogen (secondary N) is 1. The van der Waals surface area contributed by atoms with Crippen molar-refractivity contribution in [3.63, 3.8) is 0 Å². The molecule has 3 N–H and O–H groups in total. The molecule has 0 saturated heterocycles. The molecular formula is C19H29ClF2N2O3. The van der Waals surface area contributed by atoms with Crippen LogP contribution in [0.1, 0.15) is 51.0 Å². The van der Waals surface area contributed by atoms with Gasteiger partial charge in [0.15, 0.2) is 11.5 Å². The van der Waals surface area contributed by atoms with E-state index in [-0.39, 0.29) is 41.8 Å². The van der Waals surface area contributed by atoms with E-state index >= 15 is 0 Å². The SMILES string of the molecule is CCOc1cccc(CNC(=O)CC2(CN)CCCCC2)c1OC(F)F.Cl. The highest BCUT2D eigenvalue weighted by Gasteiger charge is 2.33. The Morgan fingerprint density at radius 1 is 1.30 bits per heavy atom. The third kappa shape index (κ3) is 6.81. The first-order valence-electron chi connectivity index (χ1n) is 9.16. The maximum atomic E-state index is 12.7. The zero-order chi connectivity index (χ0) is 19.0. The molecular weight excluding hydrogens is 378 g/mol.